The van der Waals surface area contributed by atoms with Gasteiger partial charge in [0.15, 0.2) is 5.96 Å². The fourth-order valence-corrected chi connectivity index (χ4v) is 3.54. The van der Waals surface area contributed by atoms with Crippen LogP contribution in [-0.4, -0.2) is 62.4 Å². The van der Waals surface area contributed by atoms with Crippen LogP contribution >= 0.6 is 0 Å². The van der Waals surface area contributed by atoms with Crippen LogP contribution in [0, 0.1) is 0 Å². The van der Waals surface area contributed by atoms with E-state index in [9.17, 15) is 0 Å². The molecular formula is C20H32N4O2. The van der Waals surface area contributed by atoms with Gasteiger partial charge in [-0.3, -0.25) is 9.89 Å². The van der Waals surface area contributed by atoms with E-state index >= 15 is 0 Å². The summed E-state index contributed by atoms with van der Waals surface area (Å²) in [7, 11) is 0. The van der Waals surface area contributed by atoms with Gasteiger partial charge in [-0.2, -0.15) is 0 Å². The normalized spacial score (nSPS) is 23.0. The van der Waals surface area contributed by atoms with Crippen molar-refractivity contribution in [2.45, 2.75) is 38.8 Å². The van der Waals surface area contributed by atoms with Crippen molar-refractivity contribution < 1.29 is 9.47 Å². The molecule has 1 unspecified atom stereocenters. The van der Waals surface area contributed by atoms with Crippen molar-refractivity contribution >= 4 is 5.96 Å². The fourth-order valence-electron chi connectivity index (χ4n) is 3.54. The molecule has 1 atom stereocenters. The molecule has 0 amide bonds. The molecule has 0 aliphatic carbocycles. The molecule has 0 radical (unpaired) electrons. The van der Waals surface area contributed by atoms with Gasteiger partial charge in [0.25, 0.3) is 0 Å². The maximum atomic E-state index is 6.13. The van der Waals surface area contributed by atoms with E-state index in [0.29, 0.717) is 0 Å². The number of nitrogens with zero attached hydrogens (tertiary/aromatic N) is 2. The predicted octanol–water partition coefficient (Wildman–Crippen LogP) is 2.18. The number of benzene rings is 1. The highest BCUT2D eigenvalue weighted by Crippen LogP contribution is 2.39. The van der Waals surface area contributed by atoms with E-state index in [1.165, 1.54) is 5.56 Å². The number of ether oxygens (including phenoxy) is 2. The van der Waals surface area contributed by atoms with Crippen molar-refractivity contribution in [2.24, 2.45) is 4.99 Å². The van der Waals surface area contributed by atoms with Crippen molar-refractivity contribution in [3.8, 4) is 5.75 Å². The van der Waals surface area contributed by atoms with Crippen LogP contribution in [0.3, 0.4) is 0 Å². The van der Waals surface area contributed by atoms with Gasteiger partial charge in [-0.15, -0.1) is 0 Å². The van der Waals surface area contributed by atoms with E-state index in [0.717, 1.165) is 64.1 Å². The highest BCUT2D eigenvalue weighted by atomic mass is 16.5. The van der Waals surface area contributed by atoms with Crippen molar-refractivity contribution in [2.75, 3.05) is 45.9 Å². The maximum Gasteiger partial charge on any atom is 0.191 e. The van der Waals surface area contributed by atoms with Gasteiger partial charge in [-0.1, -0.05) is 18.2 Å². The summed E-state index contributed by atoms with van der Waals surface area (Å²) in [6.07, 6.45) is 0.901. The van der Waals surface area contributed by atoms with Crippen molar-refractivity contribution in [3.05, 3.63) is 29.8 Å². The zero-order valence-corrected chi connectivity index (χ0v) is 16.3. The Labute approximate surface area is 157 Å². The average molecular weight is 361 g/mol. The third-order valence-electron chi connectivity index (χ3n) is 4.82. The largest absolute Gasteiger partial charge is 0.487 e. The number of guanidine groups is 1. The van der Waals surface area contributed by atoms with Crippen LogP contribution in [0.5, 0.6) is 5.75 Å². The van der Waals surface area contributed by atoms with E-state index in [4.69, 9.17) is 14.5 Å². The molecule has 0 aromatic heterocycles. The summed E-state index contributed by atoms with van der Waals surface area (Å²) in [6.45, 7) is 12.6. The van der Waals surface area contributed by atoms with Gasteiger partial charge in [0.2, 0.25) is 0 Å². The van der Waals surface area contributed by atoms with Gasteiger partial charge < -0.3 is 20.1 Å². The minimum absolute atomic E-state index is 0.191. The van der Waals surface area contributed by atoms with Crippen LogP contribution in [0.15, 0.2) is 29.3 Å². The van der Waals surface area contributed by atoms with Crippen molar-refractivity contribution in [1.29, 1.82) is 0 Å². The van der Waals surface area contributed by atoms with Crippen LogP contribution in [0.4, 0.5) is 0 Å². The quantitative estimate of drug-likeness (QED) is 0.623. The van der Waals surface area contributed by atoms with Crippen LogP contribution in [0.2, 0.25) is 0 Å². The lowest BCUT2D eigenvalue weighted by molar-refractivity contribution is 0.0394. The summed E-state index contributed by atoms with van der Waals surface area (Å²) in [4.78, 5) is 7.20. The van der Waals surface area contributed by atoms with Gasteiger partial charge in [0, 0.05) is 38.2 Å². The van der Waals surface area contributed by atoms with E-state index in [-0.39, 0.29) is 11.6 Å². The van der Waals surface area contributed by atoms with E-state index in [1.807, 2.05) is 12.1 Å². The molecule has 0 saturated carbocycles. The number of nitrogens with one attached hydrogen (secondary N) is 2. The second-order valence-corrected chi connectivity index (χ2v) is 7.52. The molecule has 3 rings (SSSR count). The fraction of sp³-hybridized carbons (Fsp3) is 0.650. The molecule has 1 fully saturated rings. The first kappa shape index (κ1) is 19.0. The third-order valence-corrected chi connectivity index (χ3v) is 4.82. The summed E-state index contributed by atoms with van der Waals surface area (Å²) in [5.41, 5.74) is 1.00. The molecule has 1 aromatic rings. The number of hydrogen-bond acceptors (Lipinski definition) is 4. The first-order valence-electron chi connectivity index (χ1n) is 9.70. The molecule has 0 bridgehead atoms. The Morgan fingerprint density at radius 1 is 1.27 bits per heavy atom. The van der Waals surface area contributed by atoms with Gasteiger partial charge in [0.05, 0.1) is 25.8 Å². The number of fused-ring (bicyclic) bond motifs is 1. The second kappa shape index (κ2) is 8.73. The molecule has 0 spiro atoms. The second-order valence-electron chi connectivity index (χ2n) is 7.52. The SMILES string of the molecule is CCNC(=NCCN1CCOCC1)NC1CC(C)(C)Oc2ccccc21. The first-order valence-corrected chi connectivity index (χ1v) is 9.70. The number of rotatable bonds is 5. The first-order chi connectivity index (χ1) is 12.6. The number of hydrogen-bond donors (Lipinski definition) is 2. The van der Waals surface area contributed by atoms with Crippen LogP contribution in [0.25, 0.3) is 0 Å². The monoisotopic (exact) mass is 360 g/mol. The Morgan fingerprint density at radius 2 is 2.04 bits per heavy atom. The third kappa shape index (κ3) is 5.11. The Morgan fingerprint density at radius 3 is 2.81 bits per heavy atom. The molecule has 2 aliphatic heterocycles. The smallest absolute Gasteiger partial charge is 0.191 e. The standard InChI is InChI=1S/C20H32N4O2/c1-4-21-19(22-9-10-24-11-13-25-14-12-24)23-17-15-20(2,3)26-18-8-6-5-7-16(17)18/h5-8,17H,4,9-15H2,1-3H3,(H2,21,22,23). The minimum atomic E-state index is -0.197. The Bertz CT molecular complexity index is 612. The number of aliphatic imine (C=N–C) groups is 1. The number of para-hydroxylation sites is 1. The van der Waals surface area contributed by atoms with Gasteiger partial charge in [0.1, 0.15) is 11.4 Å². The van der Waals surface area contributed by atoms with Crippen LogP contribution in [0.1, 0.15) is 38.8 Å². The van der Waals surface area contributed by atoms with E-state index < -0.39 is 0 Å². The Hall–Kier alpha value is -1.79. The molecule has 6 heteroatoms. The summed E-state index contributed by atoms with van der Waals surface area (Å²) < 4.78 is 11.5. The summed E-state index contributed by atoms with van der Waals surface area (Å²) >= 11 is 0. The lowest BCUT2D eigenvalue weighted by atomic mass is 9.90. The number of morpholine rings is 1. The van der Waals surface area contributed by atoms with Gasteiger partial charge in [-0.25, -0.2) is 0 Å². The molecular weight excluding hydrogens is 328 g/mol. The average Bonchev–Trinajstić information content (AvgIpc) is 2.62. The van der Waals surface area contributed by atoms with E-state index in [2.05, 4.69) is 48.4 Å². The highest BCUT2D eigenvalue weighted by molar-refractivity contribution is 5.80. The van der Waals surface area contributed by atoms with Crippen LogP contribution < -0.4 is 15.4 Å². The molecule has 2 aliphatic rings. The summed E-state index contributed by atoms with van der Waals surface area (Å²) in [5, 5.41) is 7.00. The maximum absolute atomic E-state index is 6.13. The van der Waals surface area contributed by atoms with Crippen molar-refractivity contribution in [1.82, 2.24) is 15.5 Å². The molecule has 6 nitrogen and oxygen atoms in total. The lowest BCUT2D eigenvalue weighted by Gasteiger charge is -2.38. The van der Waals surface area contributed by atoms with Crippen LogP contribution in [-0.2, 0) is 4.74 Å². The molecule has 2 N–H and O–H groups in total. The summed E-state index contributed by atoms with van der Waals surface area (Å²) in [5.74, 6) is 1.84. The van der Waals surface area contributed by atoms with Gasteiger partial charge >= 0.3 is 0 Å². The minimum Gasteiger partial charge on any atom is -0.487 e. The lowest BCUT2D eigenvalue weighted by Crippen LogP contribution is -2.45. The topological polar surface area (TPSA) is 58.1 Å². The predicted molar refractivity (Wildman–Crippen MR) is 105 cm³/mol. The molecule has 144 valence electrons. The Kier molecular flexibility index (Phi) is 6.38. The molecule has 26 heavy (non-hydrogen) atoms. The zero-order valence-electron chi connectivity index (χ0n) is 16.3. The Balaban J connectivity index is 1.65. The zero-order chi connectivity index (χ0) is 18.4. The molecule has 2 heterocycles. The molecule has 1 saturated heterocycles. The summed E-state index contributed by atoms with van der Waals surface area (Å²) in [6, 6.07) is 8.47. The highest BCUT2D eigenvalue weighted by Gasteiger charge is 2.33. The van der Waals surface area contributed by atoms with Gasteiger partial charge in [-0.05, 0) is 26.8 Å². The molecule has 1 aromatic carbocycles. The van der Waals surface area contributed by atoms with Crippen molar-refractivity contribution in [3.63, 3.8) is 0 Å². The van der Waals surface area contributed by atoms with E-state index in [1.54, 1.807) is 0 Å².